The summed E-state index contributed by atoms with van der Waals surface area (Å²) in [7, 11) is 0. The Morgan fingerprint density at radius 3 is 2.70 bits per heavy atom. The average molecular weight is 312 g/mol. The Hall–Kier alpha value is -2.83. The van der Waals surface area contributed by atoms with E-state index >= 15 is 0 Å². The zero-order chi connectivity index (χ0) is 16.0. The van der Waals surface area contributed by atoms with Crippen molar-refractivity contribution in [3.63, 3.8) is 0 Å². The summed E-state index contributed by atoms with van der Waals surface area (Å²) in [5.74, 6) is -0.224. The summed E-state index contributed by atoms with van der Waals surface area (Å²) >= 11 is 0. The van der Waals surface area contributed by atoms with E-state index in [9.17, 15) is 14.4 Å². The number of aromatic nitrogens is 1. The first-order chi connectivity index (χ1) is 11.1. The number of nitrogens with zero attached hydrogens (tertiary/aromatic N) is 3. The van der Waals surface area contributed by atoms with Crippen LogP contribution in [0.4, 0.5) is 4.79 Å². The van der Waals surface area contributed by atoms with Crippen LogP contribution in [0.5, 0.6) is 0 Å². The maximum atomic E-state index is 12.4. The molecule has 2 fully saturated rings. The van der Waals surface area contributed by atoms with E-state index in [4.69, 9.17) is 0 Å². The number of likely N-dealkylation sites (tertiary alicyclic amines) is 1. The number of fused-ring (bicyclic) bond motifs is 1. The summed E-state index contributed by atoms with van der Waals surface area (Å²) in [5.41, 5.74) is 1.02. The number of para-hydroxylation sites is 1. The molecule has 3 heterocycles. The predicted molar refractivity (Wildman–Crippen MR) is 82.6 cm³/mol. The Bertz CT molecular complexity index is 791. The number of hydrogen-bond acceptors (Lipinski definition) is 3. The lowest BCUT2D eigenvalue weighted by Gasteiger charge is -2.42. The van der Waals surface area contributed by atoms with Crippen LogP contribution in [0, 0.1) is 0 Å². The molecule has 4 amide bonds. The van der Waals surface area contributed by atoms with Gasteiger partial charge in [-0.15, -0.1) is 0 Å². The fourth-order valence-electron chi connectivity index (χ4n) is 3.15. The molecule has 0 bridgehead atoms. The number of amides is 4. The molecule has 118 valence electrons. The topological polar surface area (TPSA) is 74.7 Å². The van der Waals surface area contributed by atoms with Gasteiger partial charge in [-0.2, -0.15) is 0 Å². The van der Waals surface area contributed by atoms with Gasteiger partial charge in [0.05, 0.1) is 12.6 Å². The van der Waals surface area contributed by atoms with E-state index in [0.29, 0.717) is 13.1 Å². The quantitative estimate of drug-likeness (QED) is 0.834. The van der Waals surface area contributed by atoms with Crippen molar-refractivity contribution in [2.24, 2.45) is 0 Å². The van der Waals surface area contributed by atoms with Crippen molar-refractivity contribution in [1.82, 2.24) is 19.7 Å². The molecule has 0 saturated carbocycles. The highest BCUT2D eigenvalue weighted by atomic mass is 16.2. The van der Waals surface area contributed by atoms with Crippen LogP contribution in [-0.4, -0.2) is 57.9 Å². The van der Waals surface area contributed by atoms with Gasteiger partial charge in [-0.05, 0) is 17.5 Å². The first-order valence-electron chi connectivity index (χ1n) is 7.55. The minimum Gasteiger partial charge on any atom is -0.338 e. The van der Waals surface area contributed by atoms with E-state index in [1.165, 1.54) is 4.90 Å². The Kier molecular flexibility index (Phi) is 3.07. The predicted octanol–water partition coefficient (Wildman–Crippen LogP) is 0.404. The normalized spacial score (nSPS) is 18.4. The largest absolute Gasteiger partial charge is 0.338 e. The summed E-state index contributed by atoms with van der Waals surface area (Å²) in [6, 6.07) is 9.32. The number of rotatable bonds is 3. The van der Waals surface area contributed by atoms with Gasteiger partial charge >= 0.3 is 6.03 Å². The van der Waals surface area contributed by atoms with Gasteiger partial charge in [-0.1, -0.05) is 18.2 Å². The second kappa shape index (κ2) is 5.12. The third-order valence-corrected chi connectivity index (χ3v) is 4.44. The second-order valence-corrected chi connectivity index (χ2v) is 5.88. The molecule has 1 N–H and O–H groups in total. The summed E-state index contributed by atoms with van der Waals surface area (Å²) in [6.45, 7) is 1.15. The van der Waals surface area contributed by atoms with Crippen molar-refractivity contribution in [2.45, 2.75) is 12.6 Å². The lowest BCUT2D eigenvalue weighted by atomic mass is 10.1. The van der Waals surface area contributed by atoms with Crippen molar-refractivity contribution in [1.29, 1.82) is 0 Å². The molecule has 2 aromatic rings. The number of urea groups is 1. The third-order valence-electron chi connectivity index (χ3n) is 4.44. The minimum absolute atomic E-state index is 0.00495. The highest BCUT2D eigenvalue weighted by Crippen LogP contribution is 2.20. The molecule has 23 heavy (non-hydrogen) atoms. The molecule has 2 aliphatic rings. The smallest absolute Gasteiger partial charge is 0.324 e. The van der Waals surface area contributed by atoms with Gasteiger partial charge in [0.15, 0.2) is 0 Å². The Labute approximate surface area is 132 Å². The molecule has 2 saturated heterocycles. The molecular weight excluding hydrogens is 296 g/mol. The zero-order valence-electron chi connectivity index (χ0n) is 12.4. The molecule has 7 heteroatoms. The van der Waals surface area contributed by atoms with Crippen LogP contribution < -0.4 is 5.32 Å². The standard InChI is InChI=1S/C16H16N4O3/c21-14-7-17-16(23)20(14)12-8-19(9-12)15(22)10-18-6-5-11-3-1-2-4-13(11)18/h1-6,12H,7-10H2,(H,17,23). The van der Waals surface area contributed by atoms with Crippen molar-refractivity contribution in [3.05, 3.63) is 36.5 Å². The van der Waals surface area contributed by atoms with Gasteiger partial charge in [-0.3, -0.25) is 14.5 Å². The summed E-state index contributed by atoms with van der Waals surface area (Å²) in [5, 5.41) is 3.60. The number of nitrogens with one attached hydrogen (secondary N) is 1. The first kappa shape index (κ1) is 13.8. The Morgan fingerprint density at radius 2 is 1.96 bits per heavy atom. The van der Waals surface area contributed by atoms with Crippen LogP contribution in [0.3, 0.4) is 0 Å². The van der Waals surface area contributed by atoms with E-state index in [1.54, 1.807) is 4.90 Å². The molecule has 2 aliphatic heterocycles. The van der Waals surface area contributed by atoms with E-state index in [2.05, 4.69) is 5.32 Å². The van der Waals surface area contributed by atoms with Gasteiger partial charge in [0.25, 0.3) is 0 Å². The molecule has 0 unspecified atom stereocenters. The minimum atomic E-state index is -0.358. The van der Waals surface area contributed by atoms with Gasteiger partial charge in [0, 0.05) is 24.8 Å². The number of hydrogen-bond donors (Lipinski definition) is 1. The van der Waals surface area contributed by atoms with Gasteiger partial charge in [-0.25, -0.2) is 4.79 Å². The summed E-state index contributed by atoms with van der Waals surface area (Å²) < 4.78 is 1.92. The SMILES string of the molecule is O=C(Cn1ccc2ccccc21)N1CC(N2C(=O)CNC2=O)C1. The maximum Gasteiger partial charge on any atom is 0.324 e. The third kappa shape index (κ3) is 2.25. The van der Waals surface area contributed by atoms with Crippen LogP contribution in [0.25, 0.3) is 10.9 Å². The number of imide groups is 1. The molecule has 7 nitrogen and oxygen atoms in total. The molecular formula is C16H16N4O3. The highest BCUT2D eigenvalue weighted by molar-refractivity contribution is 6.02. The van der Waals surface area contributed by atoms with E-state index in [-0.39, 0.29) is 37.0 Å². The van der Waals surface area contributed by atoms with Crippen LogP contribution in [0.15, 0.2) is 36.5 Å². The number of carbonyl (C=O) groups is 3. The maximum absolute atomic E-state index is 12.4. The van der Waals surface area contributed by atoms with Crippen LogP contribution in [0.1, 0.15) is 0 Å². The van der Waals surface area contributed by atoms with E-state index in [1.807, 2.05) is 41.1 Å². The first-order valence-corrected chi connectivity index (χ1v) is 7.55. The summed E-state index contributed by atoms with van der Waals surface area (Å²) in [4.78, 5) is 38.5. The second-order valence-electron chi connectivity index (χ2n) is 5.88. The van der Waals surface area contributed by atoms with Gasteiger partial charge in [0.2, 0.25) is 11.8 Å². The van der Waals surface area contributed by atoms with E-state index < -0.39 is 0 Å². The van der Waals surface area contributed by atoms with Crippen molar-refractivity contribution >= 4 is 28.7 Å². The molecule has 1 aromatic carbocycles. The molecule has 0 spiro atoms. The fourth-order valence-corrected chi connectivity index (χ4v) is 3.15. The van der Waals surface area contributed by atoms with Crippen molar-refractivity contribution < 1.29 is 14.4 Å². The molecule has 0 radical (unpaired) electrons. The molecule has 0 atom stereocenters. The lowest BCUT2D eigenvalue weighted by Crippen LogP contribution is -2.62. The summed E-state index contributed by atoms with van der Waals surface area (Å²) in [6.07, 6.45) is 1.90. The lowest BCUT2D eigenvalue weighted by molar-refractivity contribution is -0.142. The average Bonchev–Trinajstić information content (AvgIpc) is 3.04. The van der Waals surface area contributed by atoms with Crippen LogP contribution in [-0.2, 0) is 16.1 Å². The van der Waals surface area contributed by atoms with Gasteiger partial charge in [0.1, 0.15) is 6.54 Å². The van der Waals surface area contributed by atoms with Crippen LogP contribution >= 0.6 is 0 Å². The Balaban J connectivity index is 1.40. The fraction of sp³-hybridized carbons (Fsp3) is 0.312. The molecule has 0 aliphatic carbocycles. The zero-order valence-corrected chi connectivity index (χ0v) is 12.4. The number of benzene rings is 1. The van der Waals surface area contributed by atoms with Crippen molar-refractivity contribution in [2.75, 3.05) is 19.6 Å². The highest BCUT2D eigenvalue weighted by Gasteiger charge is 2.42. The number of carbonyl (C=O) groups excluding carboxylic acids is 3. The monoisotopic (exact) mass is 312 g/mol. The van der Waals surface area contributed by atoms with Crippen LogP contribution in [0.2, 0.25) is 0 Å². The van der Waals surface area contributed by atoms with Crippen molar-refractivity contribution in [3.8, 4) is 0 Å². The molecule has 1 aromatic heterocycles. The molecule has 4 rings (SSSR count). The van der Waals surface area contributed by atoms with E-state index in [0.717, 1.165) is 10.9 Å². The van der Waals surface area contributed by atoms with Gasteiger partial charge < -0.3 is 14.8 Å². The Morgan fingerprint density at radius 1 is 1.17 bits per heavy atom.